The number of halogens is 2. The fourth-order valence-electron chi connectivity index (χ4n) is 2.34. The molecule has 1 heterocycles. The van der Waals surface area contributed by atoms with Crippen molar-refractivity contribution in [3.8, 4) is 5.75 Å². The third kappa shape index (κ3) is 3.66. The van der Waals surface area contributed by atoms with E-state index in [2.05, 4.69) is 0 Å². The molecule has 0 aromatic heterocycles. The van der Waals surface area contributed by atoms with E-state index < -0.39 is 28.0 Å². The minimum atomic E-state index is -1.33. The second kappa shape index (κ2) is 6.80. The molecule has 7 heteroatoms. The first kappa shape index (κ1) is 15.6. The summed E-state index contributed by atoms with van der Waals surface area (Å²) in [5, 5.41) is 10.8. The van der Waals surface area contributed by atoms with Crippen LogP contribution in [-0.2, 0) is 4.74 Å². The molecule has 2 rings (SSSR count). The van der Waals surface area contributed by atoms with Gasteiger partial charge in [-0.25, -0.2) is 4.39 Å². The van der Waals surface area contributed by atoms with Gasteiger partial charge in [-0.3, -0.25) is 10.1 Å². The SMILES string of the molecule is C[C@@H](COc1c([N+](=O)[O-])ccc(F)c1F)C1CCCCO1. The minimum Gasteiger partial charge on any atom is -0.484 e. The Morgan fingerprint density at radius 3 is 2.86 bits per heavy atom. The van der Waals surface area contributed by atoms with Gasteiger partial charge in [-0.1, -0.05) is 6.92 Å². The highest BCUT2D eigenvalue weighted by atomic mass is 19.2. The summed E-state index contributed by atoms with van der Waals surface area (Å²) in [7, 11) is 0. The largest absolute Gasteiger partial charge is 0.484 e. The third-order valence-electron chi connectivity index (χ3n) is 3.57. The maximum absolute atomic E-state index is 13.7. The number of hydrogen-bond acceptors (Lipinski definition) is 4. The second-order valence-corrected chi connectivity index (χ2v) is 5.16. The van der Waals surface area contributed by atoms with Gasteiger partial charge in [-0.15, -0.1) is 0 Å². The Morgan fingerprint density at radius 2 is 2.24 bits per heavy atom. The topological polar surface area (TPSA) is 61.6 Å². The molecule has 1 aromatic carbocycles. The zero-order valence-electron chi connectivity index (χ0n) is 11.7. The summed E-state index contributed by atoms with van der Waals surface area (Å²) in [5.74, 6) is -3.21. The first-order chi connectivity index (χ1) is 10.0. The number of nitro groups is 1. The Hall–Kier alpha value is -1.76. The highest BCUT2D eigenvalue weighted by molar-refractivity contribution is 5.47. The molecule has 0 radical (unpaired) electrons. The quantitative estimate of drug-likeness (QED) is 0.617. The molecule has 2 atom stereocenters. The Morgan fingerprint density at radius 1 is 1.48 bits per heavy atom. The molecule has 1 unspecified atom stereocenters. The molecule has 21 heavy (non-hydrogen) atoms. The summed E-state index contributed by atoms with van der Waals surface area (Å²) < 4.78 is 37.6. The summed E-state index contributed by atoms with van der Waals surface area (Å²) >= 11 is 0. The van der Waals surface area contributed by atoms with Gasteiger partial charge in [0, 0.05) is 18.6 Å². The predicted molar refractivity (Wildman–Crippen MR) is 71.3 cm³/mol. The summed E-state index contributed by atoms with van der Waals surface area (Å²) in [5.41, 5.74) is -0.578. The van der Waals surface area contributed by atoms with Crippen molar-refractivity contribution in [2.75, 3.05) is 13.2 Å². The molecule has 1 aromatic rings. The molecule has 1 aliphatic rings. The van der Waals surface area contributed by atoms with Gasteiger partial charge in [-0.05, 0) is 25.3 Å². The van der Waals surface area contributed by atoms with Crippen LogP contribution in [0.2, 0.25) is 0 Å². The lowest BCUT2D eigenvalue weighted by molar-refractivity contribution is -0.386. The fraction of sp³-hybridized carbons (Fsp3) is 0.571. The molecular formula is C14H17F2NO4. The maximum Gasteiger partial charge on any atom is 0.314 e. The normalized spacial score (nSPS) is 20.0. The van der Waals surface area contributed by atoms with Crippen LogP contribution in [-0.4, -0.2) is 24.2 Å². The smallest absolute Gasteiger partial charge is 0.314 e. The van der Waals surface area contributed by atoms with E-state index >= 15 is 0 Å². The van der Waals surface area contributed by atoms with Crippen LogP contribution in [0.1, 0.15) is 26.2 Å². The van der Waals surface area contributed by atoms with Crippen molar-refractivity contribution < 1.29 is 23.2 Å². The van der Waals surface area contributed by atoms with Crippen LogP contribution in [0.3, 0.4) is 0 Å². The standard InChI is InChI=1S/C14H17F2NO4/c1-9(12-4-2-3-7-20-12)8-21-14-11(17(18)19)6-5-10(15)13(14)16/h5-6,9,12H,2-4,7-8H2,1H3/t9-,12?/m0/s1. The second-order valence-electron chi connectivity index (χ2n) is 5.16. The van der Waals surface area contributed by atoms with Gasteiger partial charge in [0.25, 0.3) is 0 Å². The van der Waals surface area contributed by atoms with E-state index in [4.69, 9.17) is 9.47 Å². The Labute approximate surface area is 121 Å². The van der Waals surface area contributed by atoms with E-state index in [1.807, 2.05) is 6.92 Å². The van der Waals surface area contributed by atoms with Crippen LogP contribution >= 0.6 is 0 Å². The summed E-state index contributed by atoms with van der Waals surface area (Å²) in [4.78, 5) is 10.1. The molecular weight excluding hydrogens is 284 g/mol. The van der Waals surface area contributed by atoms with Crippen molar-refractivity contribution in [3.05, 3.63) is 33.9 Å². The van der Waals surface area contributed by atoms with E-state index in [1.165, 1.54) is 0 Å². The molecule has 0 aliphatic carbocycles. The summed E-state index contributed by atoms with van der Waals surface area (Å²) in [6.45, 7) is 2.56. The molecule has 0 N–H and O–H groups in total. The van der Waals surface area contributed by atoms with Crippen LogP contribution in [0.4, 0.5) is 14.5 Å². The average Bonchev–Trinajstić information content (AvgIpc) is 2.49. The monoisotopic (exact) mass is 301 g/mol. The number of hydrogen-bond donors (Lipinski definition) is 0. The van der Waals surface area contributed by atoms with E-state index in [-0.39, 0.29) is 18.6 Å². The van der Waals surface area contributed by atoms with Crippen LogP contribution in [0, 0.1) is 27.7 Å². The van der Waals surface area contributed by atoms with Gasteiger partial charge in [0.2, 0.25) is 11.6 Å². The van der Waals surface area contributed by atoms with Gasteiger partial charge in [0.1, 0.15) is 0 Å². The molecule has 0 saturated carbocycles. The minimum absolute atomic E-state index is 0.0190. The van der Waals surface area contributed by atoms with Gasteiger partial charge in [0.15, 0.2) is 5.82 Å². The Balaban J connectivity index is 2.08. The fourth-order valence-corrected chi connectivity index (χ4v) is 2.34. The lowest BCUT2D eigenvalue weighted by Gasteiger charge is -2.27. The van der Waals surface area contributed by atoms with Crippen molar-refractivity contribution in [1.29, 1.82) is 0 Å². The van der Waals surface area contributed by atoms with Crippen LogP contribution < -0.4 is 4.74 Å². The average molecular weight is 301 g/mol. The number of benzene rings is 1. The Bertz CT molecular complexity index is 518. The highest BCUT2D eigenvalue weighted by Crippen LogP contribution is 2.32. The first-order valence-corrected chi connectivity index (χ1v) is 6.87. The van der Waals surface area contributed by atoms with E-state index in [0.29, 0.717) is 12.7 Å². The number of rotatable bonds is 5. The number of nitro benzene ring substituents is 1. The molecule has 0 bridgehead atoms. The van der Waals surface area contributed by atoms with E-state index in [9.17, 15) is 18.9 Å². The van der Waals surface area contributed by atoms with Crippen molar-refractivity contribution in [2.45, 2.75) is 32.3 Å². The molecule has 1 saturated heterocycles. The van der Waals surface area contributed by atoms with Crippen molar-refractivity contribution in [1.82, 2.24) is 0 Å². The zero-order valence-corrected chi connectivity index (χ0v) is 11.7. The molecule has 1 aliphatic heterocycles. The predicted octanol–water partition coefficient (Wildman–Crippen LogP) is 3.46. The zero-order chi connectivity index (χ0) is 15.4. The molecule has 0 spiro atoms. The Kier molecular flexibility index (Phi) is 5.06. The van der Waals surface area contributed by atoms with Crippen LogP contribution in [0.5, 0.6) is 5.75 Å². The van der Waals surface area contributed by atoms with Crippen molar-refractivity contribution in [2.24, 2.45) is 5.92 Å². The number of nitrogens with zero attached hydrogens (tertiary/aromatic N) is 1. The summed E-state index contributed by atoms with van der Waals surface area (Å²) in [6.07, 6.45) is 2.91. The first-order valence-electron chi connectivity index (χ1n) is 6.87. The maximum atomic E-state index is 13.7. The number of ether oxygens (including phenoxy) is 2. The molecule has 0 amide bonds. The lowest BCUT2D eigenvalue weighted by Crippen LogP contribution is -2.30. The van der Waals surface area contributed by atoms with E-state index in [1.54, 1.807) is 0 Å². The van der Waals surface area contributed by atoms with Gasteiger partial charge < -0.3 is 9.47 Å². The van der Waals surface area contributed by atoms with Crippen LogP contribution in [0.25, 0.3) is 0 Å². The molecule has 5 nitrogen and oxygen atoms in total. The van der Waals surface area contributed by atoms with Gasteiger partial charge in [-0.2, -0.15) is 4.39 Å². The van der Waals surface area contributed by atoms with E-state index in [0.717, 1.165) is 25.3 Å². The summed E-state index contributed by atoms with van der Waals surface area (Å²) in [6, 6.07) is 1.61. The lowest BCUT2D eigenvalue weighted by atomic mass is 9.98. The third-order valence-corrected chi connectivity index (χ3v) is 3.57. The highest BCUT2D eigenvalue weighted by Gasteiger charge is 2.26. The van der Waals surface area contributed by atoms with Crippen molar-refractivity contribution in [3.63, 3.8) is 0 Å². The van der Waals surface area contributed by atoms with Crippen molar-refractivity contribution >= 4 is 5.69 Å². The van der Waals surface area contributed by atoms with Crippen LogP contribution in [0.15, 0.2) is 12.1 Å². The van der Waals surface area contributed by atoms with Gasteiger partial charge >= 0.3 is 5.69 Å². The molecule has 116 valence electrons. The molecule has 1 fully saturated rings. The van der Waals surface area contributed by atoms with Gasteiger partial charge in [0.05, 0.1) is 17.6 Å².